The zero-order valence-electron chi connectivity index (χ0n) is 28.0. The number of halogens is 1. The van der Waals surface area contributed by atoms with Crippen molar-refractivity contribution in [1.82, 2.24) is 0 Å². The number of hydrogen-bond acceptors (Lipinski definition) is 8. The van der Waals surface area contributed by atoms with Crippen LogP contribution in [0.5, 0.6) is 17.2 Å². The highest BCUT2D eigenvalue weighted by molar-refractivity contribution is 6.33. The Morgan fingerprint density at radius 1 is 1.08 bits per heavy atom. The van der Waals surface area contributed by atoms with Crippen LogP contribution in [-0.2, 0) is 24.7 Å². The largest absolute Gasteiger partial charge is 0.508 e. The summed E-state index contributed by atoms with van der Waals surface area (Å²) in [7, 11) is 1.90. The molecule has 1 saturated heterocycles. The molecular weight excluding hydrogens is 628 g/mol. The molecule has 250 valence electrons. The summed E-state index contributed by atoms with van der Waals surface area (Å²) in [6.07, 6.45) is 9.77. The van der Waals surface area contributed by atoms with Crippen LogP contribution in [0.25, 0.3) is 0 Å². The minimum absolute atomic E-state index is 0.172. The molecular formula is C39H41ClN2O6. The number of benzene rings is 3. The van der Waals surface area contributed by atoms with Crippen molar-refractivity contribution in [3.8, 4) is 17.2 Å². The first-order valence-electron chi connectivity index (χ1n) is 16.7. The fourth-order valence-electron chi connectivity index (χ4n) is 8.16. The van der Waals surface area contributed by atoms with Crippen LogP contribution in [0.1, 0.15) is 69.6 Å². The molecule has 1 aliphatic carbocycles. The predicted octanol–water partition coefficient (Wildman–Crippen LogP) is 8.51. The lowest BCUT2D eigenvalue weighted by atomic mass is 9.68. The summed E-state index contributed by atoms with van der Waals surface area (Å²) in [4.78, 5) is 30.1. The van der Waals surface area contributed by atoms with Crippen molar-refractivity contribution in [3.05, 3.63) is 94.5 Å². The third-order valence-electron chi connectivity index (χ3n) is 10.4. The van der Waals surface area contributed by atoms with E-state index in [-0.39, 0.29) is 35.1 Å². The fraction of sp³-hybridized carbons (Fsp3) is 0.385. The lowest BCUT2D eigenvalue weighted by Crippen LogP contribution is -2.49. The van der Waals surface area contributed by atoms with E-state index in [0.29, 0.717) is 53.8 Å². The molecule has 48 heavy (non-hydrogen) atoms. The Labute approximate surface area is 286 Å². The molecule has 4 unspecified atom stereocenters. The number of nitrogens with zero attached hydrogens (tertiary/aromatic N) is 2. The minimum Gasteiger partial charge on any atom is -0.508 e. The number of phenols is 1. The van der Waals surface area contributed by atoms with E-state index in [9.17, 15) is 14.7 Å². The van der Waals surface area contributed by atoms with E-state index >= 15 is 0 Å². The lowest BCUT2D eigenvalue weighted by Gasteiger charge is -2.49. The molecule has 1 fully saturated rings. The molecule has 4 aliphatic rings. The molecule has 0 saturated carbocycles. The Morgan fingerprint density at radius 2 is 1.79 bits per heavy atom. The van der Waals surface area contributed by atoms with Crippen LogP contribution in [0.2, 0.25) is 5.02 Å². The summed E-state index contributed by atoms with van der Waals surface area (Å²) in [5, 5.41) is 10.3. The average molecular weight is 669 g/mol. The zero-order valence-corrected chi connectivity index (χ0v) is 28.7. The van der Waals surface area contributed by atoms with Crippen molar-refractivity contribution in [2.45, 2.75) is 64.0 Å². The molecule has 7 rings (SSSR count). The van der Waals surface area contributed by atoms with Gasteiger partial charge in [-0.05, 0) is 81.5 Å². The lowest BCUT2D eigenvalue weighted by molar-refractivity contribution is -0.148. The molecule has 3 aromatic carbocycles. The maximum atomic E-state index is 13.6. The van der Waals surface area contributed by atoms with Crippen LogP contribution in [0.15, 0.2) is 72.8 Å². The van der Waals surface area contributed by atoms with Gasteiger partial charge in [0.25, 0.3) is 0 Å². The SMILES string of the molecule is CCOC(=O)CCCN1c2cc3c(cc2C(C)CC1(C)C)C1(OC(=O)C2C=CC=CC21)c1cc(Cl)c(N(C)c2ccc(O)cc2)cc1O3. The van der Waals surface area contributed by atoms with E-state index in [1.165, 1.54) is 0 Å². The van der Waals surface area contributed by atoms with Crippen LogP contribution in [-0.4, -0.2) is 42.8 Å². The summed E-state index contributed by atoms with van der Waals surface area (Å²) in [6, 6.07) is 14.9. The first-order valence-corrected chi connectivity index (χ1v) is 17.1. The van der Waals surface area contributed by atoms with Crippen molar-refractivity contribution >= 4 is 40.6 Å². The Morgan fingerprint density at radius 3 is 2.54 bits per heavy atom. The molecule has 9 heteroatoms. The number of ether oxygens (including phenoxy) is 3. The number of fused-ring (bicyclic) bond motifs is 7. The highest BCUT2D eigenvalue weighted by Gasteiger charge is 2.60. The molecule has 1 spiro atoms. The third kappa shape index (κ3) is 5.12. The topological polar surface area (TPSA) is 88.5 Å². The van der Waals surface area contributed by atoms with Crippen LogP contribution < -0.4 is 14.5 Å². The van der Waals surface area contributed by atoms with E-state index in [1.807, 2.05) is 61.4 Å². The second-order valence-corrected chi connectivity index (χ2v) is 14.2. The monoisotopic (exact) mass is 668 g/mol. The highest BCUT2D eigenvalue weighted by Crippen LogP contribution is 2.62. The van der Waals surface area contributed by atoms with Crippen molar-refractivity contribution in [1.29, 1.82) is 0 Å². The number of anilines is 3. The Bertz CT molecular complexity index is 1850. The second kappa shape index (κ2) is 11.9. The Hall–Kier alpha value is -4.43. The molecule has 0 bridgehead atoms. The molecule has 3 aliphatic heterocycles. The summed E-state index contributed by atoms with van der Waals surface area (Å²) >= 11 is 7.06. The molecule has 3 heterocycles. The van der Waals surface area contributed by atoms with Gasteiger partial charge in [0.2, 0.25) is 0 Å². The molecule has 8 nitrogen and oxygen atoms in total. The number of rotatable bonds is 7. The van der Waals surface area contributed by atoms with Gasteiger partial charge in [0.15, 0.2) is 5.60 Å². The fourth-order valence-corrected chi connectivity index (χ4v) is 8.45. The molecule has 3 aromatic rings. The van der Waals surface area contributed by atoms with Gasteiger partial charge in [0.05, 0.1) is 23.2 Å². The number of carbonyl (C=O) groups excluding carboxylic acids is 2. The molecule has 1 N–H and O–H groups in total. The number of carbonyl (C=O) groups is 2. The Kier molecular flexibility index (Phi) is 7.98. The summed E-state index contributed by atoms with van der Waals surface area (Å²) in [6.45, 7) is 9.59. The molecule has 0 amide bonds. The van der Waals surface area contributed by atoms with Crippen molar-refractivity contribution in [2.24, 2.45) is 11.8 Å². The summed E-state index contributed by atoms with van der Waals surface area (Å²) in [5.41, 5.74) is 3.93. The van der Waals surface area contributed by atoms with Gasteiger partial charge < -0.3 is 29.1 Å². The van der Waals surface area contributed by atoms with Crippen molar-refractivity contribution in [3.63, 3.8) is 0 Å². The quantitative estimate of drug-likeness (QED) is 0.251. The molecule has 4 atom stereocenters. The number of aromatic hydroxyl groups is 1. The second-order valence-electron chi connectivity index (χ2n) is 13.8. The van der Waals surface area contributed by atoms with E-state index in [0.717, 1.165) is 28.9 Å². The van der Waals surface area contributed by atoms with Crippen molar-refractivity contribution < 1.29 is 28.9 Å². The smallest absolute Gasteiger partial charge is 0.314 e. The highest BCUT2D eigenvalue weighted by atomic mass is 35.5. The van der Waals surface area contributed by atoms with Crippen molar-refractivity contribution in [2.75, 3.05) is 30.0 Å². The number of phenolic OH excluding ortho intramolecular Hbond substituents is 1. The van der Waals surface area contributed by atoms with Gasteiger partial charge in [-0.25, -0.2) is 0 Å². The van der Waals surface area contributed by atoms with E-state index in [1.54, 1.807) is 12.1 Å². The molecule has 0 aromatic heterocycles. The van der Waals surface area contributed by atoms with Gasteiger partial charge in [-0.15, -0.1) is 0 Å². The van der Waals surface area contributed by atoms with Gasteiger partial charge in [-0.1, -0.05) is 42.8 Å². The maximum absolute atomic E-state index is 13.6. The van der Waals surface area contributed by atoms with Crippen LogP contribution in [0.3, 0.4) is 0 Å². The Balaban J connectivity index is 1.38. The standard InChI is InChI=1S/C39H41ClN2O6/c1-6-46-36(44)12-9-17-42-32-20-34-29(18-27(32)23(2)22-38(42,3)4)39(28-11-8-7-10-26(28)37(45)48-39)30-19-31(40)33(21-35(30)47-34)41(5)24-13-15-25(43)16-14-24/h7-8,10-11,13-16,18-21,23,26,28,43H,6,9,12,17,22H2,1-5H3. The first kappa shape index (κ1) is 32.1. The van der Waals surface area contributed by atoms with Crippen LogP contribution >= 0.6 is 11.6 Å². The van der Waals surface area contributed by atoms with Crippen LogP contribution in [0, 0.1) is 11.8 Å². The van der Waals surface area contributed by atoms with E-state index in [4.69, 9.17) is 25.8 Å². The predicted molar refractivity (Wildman–Crippen MR) is 187 cm³/mol. The van der Waals surface area contributed by atoms with E-state index in [2.05, 4.69) is 43.9 Å². The third-order valence-corrected chi connectivity index (χ3v) is 10.7. The van der Waals surface area contributed by atoms with Gasteiger partial charge in [-0.3, -0.25) is 9.59 Å². The maximum Gasteiger partial charge on any atom is 0.314 e. The number of hydrogen-bond donors (Lipinski definition) is 1. The number of allylic oxidation sites excluding steroid dienone is 2. The van der Waals surface area contributed by atoms with Gasteiger partial charge in [-0.2, -0.15) is 0 Å². The van der Waals surface area contributed by atoms with Gasteiger partial charge in [0.1, 0.15) is 17.2 Å². The normalized spacial score (nSPS) is 24.2. The van der Waals surface area contributed by atoms with Gasteiger partial charge >= 0.3 is 11.9 Å². The van der Waals surface area contributed by atoms with Crippen LogP contribution in [0.4, 0.5) is 17.1 Å². The zero-order chi connectivity index (χ0) is 34.0. The molecule has 0 radical (unpaired) electrons. The average Bonchev–Trinajstić information content (AvgIpc) is 3.34. The first-order chi connectivity index (χ1) is 22.9. The number of esters is 2. The van der Waals surface area contributed by atoms with E-state index < -0.39 is 11.5 Å². The summed E-state index contributed by atoms with van der Waals surface area (Å²) in [5.74, 6) is 0.355. The van der Waals surface area contributed by atoms with Gasteiger partial charge in [0, 0.05) is 66.1 Å². The minimum atomic E-state index is -1.15. The summed E-state index contributed by atoms with van der Waals surface area (Å²) < 4.78 is 18.6.